The van der Waals surface area contributed by atoms with Crippen molar-refractivity contribution in [3.05, 3.63) is 72.9 Å². The summed E-state index contributed by atoms with van der Waals surface area (Å²) in [5.41, 5.74) is 0. The number of aliphatic hydroxyl groups excluding tert-OH is 8. The molecule has 12 atom stereocenters. The highest BCUT2D eigenvalue weighted by molar-refractivity contribution is 5.76. The molecule has 0 aromatic heterocycles. The fourth-order valence-electron chi connectivity index (χ4n) is 12.4. The fourth-order valence-corrected chi connectivity index (χ4v) is 12.4. The third kappa shape index (κ3) is 45.0. The van der Waals surface area contributed by atoms with Crippen molar-refractivity contribution < 1.29 is 64.6 Å². The zero-order valence-electron chi connectivity index (χ0n) is 58.5. The monoisotopic (exact) mass is 1300 g/mol. The summed E-state index contributed by atoms with van der Waals surface area (Å²) in [6, 6.07) is -0.922. The van der Waals surface area contributed by atoms with Gasteiger partial charge in [-0.15, -0.1) is 0 Å². The maximum Gasteiger partial charge on any atom is 0.220 e. The number of hydrogen-bond donors (Lipinski definition) is 9. The van der Waals surface area contributed by atoms with Crippen LogP contribution in [0.1, 0.15) is 322 Å². The van der Waals surface area contributed by atoms with Gasteiger partial charge in [0.05, 0.1) is 32.0 Å². The normalized spacial score (nSPS) is 23.1. The highest BCUT2D eigenvalue weighted by atomic mass is 16.7. The third-order valence-electron chi connectivity index (χ3n) is 18.4. The Bertz CT molecular complexity index is 1820. The van der Waals surface area contributed by atoms with Crippen LogP contribution in [0.15, 0.2) is 72.9 Å². The molecule has 12 unspecified atom stereocenters. The zero-order valence-corrected chi connectivity index (χ0v) is 58.5. The Morgan fingerprint density at radius 3 is 1.15 bits per heavy atom. The Morgan fingerprint density at radius 1 is 0.402 bits per heavy atom. The quantitative estimate of drug-likeness (QED) is 0.0204. The Kier molecular flexibility index (Phi) is 57.6. The molecule has 2 rings (SSSR count). The Labute approximate surface area is 561 Å². The summed E-state index contributed by atoms with van der Waals surface area (Å²) < 4.78 is 22.9. The topological polar surface area (TPSA) is 228 Å². The lowest BCUT2D eigenvalue weighted by Gasteiger charge is -2.46. The average molecular weight is 1300 g/mol. The van der Waals surface area contributed by atoms with Gasteiger partial charge in [0.25, 0.3) is 0 Å². The van der Waals surface area contributed by atoms with Crippen LogP contribution in [0.25, 0.3) is 0 Å². The van der Waals surface area contributed by atoms with Crippen LogP contribution in [0.2, 0.25) is 0 Å². The van der Waals surface area contributed by atoms with Gasteiger partial charge in [-0.25, -0.2) is 0 Å². The lowest BCUT2D eigenvalue weighted by molar-refractivity contribution is -0.359. The van der Waals surface area contributed by atoms with E-state index in [4.69, 9.17) is 18.9 Å². The minimum atomic E-state index is -1.79. The number of amides is 1. The van der Waals surface area contributed by atoms with Crippen LogP contribution >= 0.6 is 0 Å². The van der Waals surface area contributed by atoms with E-state index in [1.165, 1.54) is 218 Å². The first kappa shape index (κ1) is 85.5. The van der Waals surface area contributed by atoms with Crippen LogP contribution in [0.4, 0.5) is 0 Å². The summed E-state index contributed by atoms with van der Waals surface area (Å²) in [5, 5.41) is 87.6. The molecule has 0 aliphatic carbocycles. The minimum absolute atomic E-state index is 0.241. The molecule has 1 amide bonds. The van der Waals surface area contributed by atoms with Crippen LogP contribution in [-0.4, -0.2) is 140 Å². The van der Waals surface area contributed by atoms with Gasteiger partial charge in [-0.1, -0.05) is 324 Å². The highest BCUT2D eigenvalue weighted by Crippen LogP contribution is 2.30. The molecular weight excluding hydrogens is 1160 g/mol. The minimum Gasteiger partial charge on any atom is -0.394 e. The Morgan fingerprint density at radius 2 is 0.750 bits per heavy atom. The molecule has 92 heavy (non-hydrogen) atoms. The summed E-state index contributed by atoms with van der Waals surface area (Å²) in [5.74, 6) is -0.241. The second kappa shape index (κ2) is 62.0. The van der Waals surface area contributed by atoms with Crippen molar-refractivity contribution in [2.24, 2.45) is 0 Å². The molecule has 0 aromatic carbocycles. The van der Waals surface area contributed by atoms with Crippen LogP contribution in [0.5, 0.6) is 0 Å². The second-order valence-electron chi connectivity index (χ2n) is 26.8. The number of carbonyl (C=O) groups is 1. The summed E-state index contributed by atoms with van der Waals surface area (Å²) in [6.07, 6.45) is 68.2. The van der Waals surface area contributed by atoms with Crippen molar-refractivity contribution >= 4 is 5.91 Å². The van der Waals surface area contributed by atoms with Crippen molar-refractivity contribution in [3.8, 4) is 0 Å². The lowest BCUT2D eigenvalue weighted by atomic mass is 9.97. The Balaban J connectivity index is 1.65. The first-order valence-corrected chi connectivity index (χ1v) is 38.2. The van der Waals surface area contributed by atoms with E-state index in [1.807, 2.05) is 6.08 Å². The summed E-state index contributed by atoms with van der Waals surface area (Å²) in [7, 11) is 0. The maximum atomic E-state index is 13.4. The predicted molar refractivity (Wildman–Crippen MR) is 378 cm³/mol. The highest BCUT2D eigenvalue weighted by Gasteiger charge is 2.51. The zero-order chi connectivity index (χ0) is 66.6. The second-order valence-corrected chi connectivity index (χ2v) is 26.8. The van der Waals surface area contributed by atoms with E-state index in [0.717, 1.165) is 77.0 Å². The van der Waals surface area contributed by atoms with Crippen molar-refractivity contribution in [2.45, 2.75) is 396 Å². The van der Waals surface area contributed by atoms with Crippen LogP contribution in [-0.2, 0) is 23.7 Å². The van der Waals surface area contributed by atoms with E-state index in [0.29, 0.717) is 6.42 Å². The van der Waals surface area contributed by atoms with Crippen LogP contribution < -0.4 is 5.32 Å². The largest absolute Gasteiger partial charge is 0.394 e. The third-order valence-corrected chi connectivity index (χ3v) is 18.4. The molecule has 2 aliphatic rings. The summed E-state index contributed by atoms with van der Waals surface area (Å²) in [4.78, 5) is 13.4. The molecule has 2 aliphatic heterocycles. The molecule has 536 valence electrons. The van der Waals surface area contributed by atoms with Gasteiger partial charge in [0, 0.05) is 6.42 Å². The maximum absolute atomic E-state index is 13.4. The van der Waals surface area contributed by atoms with Gasteiger partial charge < -0.3 is 65.1 Å². The molecule has 9 N–H and O–H groups in total. The van der Waals surface area contributed by atoms with E-state index in [-0.39, 0.29) is 18.9 Å². The smallest absolute Gasteiger partial charge is 0.220 e. The molecule has 2 heterocycles. The number of carbonyl (C=O) groups excluding carboxylic acids is 1. The van der Waals surface area contributed by atoms with Crippen LogP contribution in [0.3, 0.4) is 0 Å². The number of rotatable bonds is 63. The Hall–Kier alpha value is -2.57. The van der Waals surface area contributed by atoms with Gasteiger partial charge >= 0.3 is 0 Å². The molecule has 0 bridgehead atoms. The van der Waals surface area contributed by atoms with Gasteiger partial charge in [0.2, 0.25) is 5.91 Å². The molecule has 0 spiro atoms. The van der Waals surface area contributed by atoms with E-state index in [9.17, 15) is 45.6 Å². The van der Waals surface area contributed by atoms with Crippen LogP contribution in [0, 0.1) is 0 Å². The molecule has 0 saturated carbocycles. The van der Waals surface area contributed by atoms with Gasteiger partial charge in [0.15, 0.2) is 12.6 Å². The number of nitrogens with one attached hydrogen (secondary N) is 1. The molecule has 2 saturated heterocycles. The van der Waals surface area contributed by atoms with E-state index < -0.39 is 86.8 Å². The first-order chi connectivity index (χ1) is 45.1. The van der Waals surface area contributed by atoms with E-state index >= 15 is 0 Å². The standard InChI is InChI=1S/C78H141NO13/c1-3-5-7-9-11-13-15-17-19-21-23-25-27-29-31-32-33-34-36-37-39-41-43-45-47-49-51-53-55-57-59-61-67(82)66(65-89-77-75(88)73(86)76(69(64-81)91-77)92-78-74(87)72(85)71(84)68(63-80)90-78)79-70(83)62-60-58-56-54-52-50-48-46-44-42-40-38-35-30-28-26-24-22-20-18-16-14-12-10-8-6-4-2/h6,8,12,14,18,20,24,26,30,35,59,61,66-69,71-78,80-82,84-88H,3-5,7,9-11,13,15-17,19,21-23,25,27-29,31-34,36-58,60,62-65H2,1-2H3,(H,79,83)/b8-6-,14-12-,20-18-,26-24-,35-30-,61-59+. The average Bonchev–Trinajstić information content (AvgIpc) is 0.882. The summed E-state index contributed by atoms with van der Waals surface area (Å²) in [6.45, 7) is 2.73. The molecule has 2 fully saturated rings. The molecule has 14 heteroatoms. The number of aliphatic hydroxyl groups is 8. The van der Waals surface area contributed by atoms with E-state index in [2.05, 4.69) is 79.9 Å². The van der Waals surface area contributed by atoms with Gasteiger partial charge in [-0.05, 0) is 64.2 Å². The number of hydrogen-bond acceptors (Lipinski definition) is 13. The van der Waals surface area contributed by atoms with Crippen molar-refractivity contribution in [1.29, 1.82) is 0 Å². The van der Waals surface area contributed by atoms with Crippen molar-refractivity contribution in [2.75, 3.05) is 19.8 Å². The SMILES string of the molecule is CC/C=C\C/C=C\C/C=C\C/C=C\C/C=C\CCCCCCCCCCCCCC(=O)NC(COC1OC(CO)C(OC2OC(CO)C(O)C(O)C2O)C(O)C1O)C(O)/C=C/CCCCCCCCCCCCCCCCCCCCCCCCCCCCCCC. The van der Waals surface area contributed by atoms with Gasteiger partial charge in [-0.2, -0.15) is 0 Å². The van der Waals surface area contributed by atoms with Crippen molar-refractivity contribution in [3.63, 3.8) is 0 Å². The lowest BCUT2D eigenvalue weighted by Crippen LogP contribution is -2.65. The number of allylic oxidation sites excluding steroid dienone is 11. The molecular formula is C78H141NO13. The number of ether oxygens (including phenoxy) is 4. The molecule has 0 radical (unpaired) electrons. The molecule has 0 aromatic rings. The first-order valence-electron chi connectivity index (χ1n) is 38.2. The van der Waals surface area contributed by atoms with Gasteiger partial charge in [-0.3, -0.25) is 4.79 Å². The molecule has 14 nitrogen and oxygen atoms in total. The van der Waals surface area contributed by atoms with Crippen molar-refractivity contribution in [1.82, 2.24) is 5.32 Å². The van der Waals surface area contributed by atoms with E-state index in [1.54, 1.807) is 6.08 Å². The summed E-state index contributed by atoms with van der Waals surface area (Å²) >= 11 is 0. The predicted octanol–water partition coefficient (Wildman–Crippen LogP) is 16.6. The van der Waals surface area contributed by atoms with Gasteiger partial charge in [0.1, 0.15) is 48.8 Å². The fraction of sp³-hybridized carbons (Fsp3) is 0.833. The number of unbranched alkanes of at least 4 members (excludes halogenated alkanes) is 40.